The average molecular weight is 272 g/mol. The molecule has 1 saturated carbocycles. The van der Waals surface area contributed by atoms with Gasteiger partial charge in [0.1, 0.15) is 0 Å². The minimum atomic E-state index is -0.647. The molecule has 1 fully saturated rings. The van der Waals surface area contributed by atoms with Gasteiger partial charge in [-0.25, -0.2) is 0 Å². The number of rotatable bonds is 3. The summed E-state index contributed by atoms with van der Waals surface area (Å²) in [4.78, 5) is 12.2. The molecule has 1 aromatic rings. The summed E-state index contributed by atoms with van der Waals surface area (Å²) in [6.07, 6.45) is 3.90. The normalized spacial score (nSPS) is 18.3. The molecule has 0 atom stereocenters. The third-order valence-electron chi connectivity index (χ3n) is 3.43. The summed E-state index contributed by atoms with van der Waals surface area (Å²) in [6, 6.07) is 5.34. The van der Waals surface area contributed by atoms with Crippen molar-refractivity contribution < 1.29 is 4.79 Å². The van der Waals surface area contributed by atoms with Crippen LogP contribution in [0.25, 0.3) is 0 Å². The van der Waals surface area contributed by atoms with Crippen molar-refractivity contribution in [2.75, 3.05) is 0 Å². The average Bonchev–Trinajstić information content (AvgIpc) is 2.73. The van der Waals surface area contributed by atoms with E-state index in [1.54, 1.807) is 12.1 Å². The first-order chi connectivity index (χ1) is 8.03. The van der Waals surface area contributed by atoms with Gasteiger partial charge in [-0.2, -0.15) is 0 Å². The third kappa shape index (κ3) is 2.65. The maximum absolute atomic E-state index is 12.2. The summed E-state index contributed by atoms with van der Waals surface area (Å²) in [5.41, 5.74) is 6.23. The minimum absolute atomic E-state index is 0.0687. The van der Waals surface area contributed by atoms with Crippen LogP contribution >= 0.6 is 23.2 Å². The first kappa shape index (κ1) is 12.9. The van der Waals surface area contributed by atoms with E-state index in [2.05, 4.69) is 0 Å². The van der Waals surface area contributed by atoms with Crippen molar-refractivity contribution in [3.63, 3.8) is 0 Å². The Morgan fingerprint density at radius 2 is 1.94 bits per heavy atom. The minimum Gasteiger partial charge on any atom is -0.319 e. The lowest BCUT2D eigenvalue weighted by Gasteiger charge is -2.22. The Kier molecular flexibility index (Phi) is 3.76. The molecular weight excluding hydrogens is 257 g/mol. The molecule has 2 N–H and O–H groups in total. The van der Waals surface area contributed by atoms with Crippen LogP contribution in [0.2, 0.25) is 10.0 Å². The van der Waals surface area contributed by atoms with E-state index >= 15 is 0 Å². The summed E-state index contributed by atoms with van der Waals surface area (Å²) in [6.45, 7) is 0. The molecule has 2 nitrogen and oxygen atoms in total. The fraction of sp³-hybridized carbons (Fsp3) is 0.462. The molecule has 0 radical (unpaired) electrons. The quantitative estimate of drug-likeness (QED) is 0.916. The molecule has 1 aromatic carbocycles. The summed E-state index contributed by atoms with van der Waals surface area (Å²) in [5.74, 6) is 0.0687. The molecule has 0 unspecified atom stereocenters. The molecule has 92 valence electrons. The molecule has 0 aliphatic heterocycles. The Morgan fingerprint density at radius 1 is 1.29 bits per heavy atom. The van der Waals surface area contributed by atoms with Crippen molar-refractivity contribution in [1.29, 1.82) is 0 Å². The maximum atomic E-state index is 12.2. The van der Waals surface area contributed by atoms with E-state index < -0.39 is 5.54 Å². The molecule has 1 aliphatic rings. The topological polar surface area (TPSA) is 43.1 Å². The van der Waals surface area contributed by atoms with E-state index in [4.69, 9.17) is 28.9 Å². The van der Waals surface area contributed by atoms with Gasteiger partial charge in [0.05, 0.1) is 15.6 Å². The zero-order valence-electron chi connectivity index (χ0n) is 9.51. The van der Waals surface area contributed by atoms with Crippen LogP contribution < -0.4 is 5.73 Å². The van der Waals surface area contributed by atoms with Crippen LogP contribution in [-0.2, 0) is 11.2 Å². The summed E-state index contributed by atoms with van der Waals surface area (Å²) < 4.78 is 0. The number of halogens is 2. The van der Waals surface area contributed by atoms with Crippen LogP contribution in [0.15, 0.2) is 18.2 Å². The molecule has 17 heavy (non-hydrogen) atoms. The summed E-state index contributed by atoms with van der Waals surface area (Å²) in [7, 11) is 0. The predicted molar refractivity (Wildman–Crippen MR) is 70.6 cm³/mol. The van der Waals surface area contributed by atoms with Gasteiger partial charge in [0.25, 0.3) is 0 Å². The van der Waals surface area contributed by atoms with Crippen molar-refractivity contribution in [3.05, 3.63) is 33.8 Å². The fourth-order valence-electron chi connectivity index (χ4n) is 2.32. The summed E-state index contributed by atoms with van der Waals surface area (Å²) in [5, 5.41) is 0.943. The largest absolute Gasteiger partial charge is 0.319 e. The van der Waals surface area contributed by atoms with Crippen molar-refractivity contribution >= 4 is 29.0 Å². The second kappa shape index (κ2) is 4.97. The van der Waals surface area contributed by atoms with Gasteiger partial charge in [0.15, 0.2) is 5.78 Å². The second-order valence-electron chi connectivity index (χ2n) is 4.68. The van der Waals surface area contributed by atoms with Crippen LogP contribution in [0.4, 0.5) is 0 Å². The molecule has 0 saturated heterocycles. The summed E-state index contributed by atoms with van der Waals surface area (Å²) >= 11 is 12.0. The van der Waals surface area contributed by atoms with E-state index in [0.29, 0.717) is 10.0 Å². The van der Waals surface area contributed by atoms with E-state index in [9.17, 15) is 4.79 Å². The Bertz CT molecular complexity index is 439. The molecular formula is C13H15Cl2NO. The van der Waals surface area contributed by atoms with Gasteiger partial charge in [-0.15, -0.1) is 0 Å². The Morgan fingerprint density at radius 3 is 2.59 bits per heavy atom. The number of hydrogen-bond acceptors (Lipinski definition) is 2. The zero-order valence-corrected chi connectivity index (χ0v) is 11.0. The van der Waals surface area contributed by atoms with Crippen LogP contribution in [-0.4, -0.2) is 11.3 Å². The standard InChI is InChI=1S/C13H15Cl2NO/c14-10-5-3-4-9(12(10)15)8-11(17)13(16)6-1-2-7-13/h3-5H,1-2,6-8,16H2. The van der Waals surface area contributed by atoms with E-state index in [1.807, 2.05) is 6.07 Å². The highest BCUT2D eigenvalue weighted by atomic mass is 35.5. The smallest absolute Gasteiger partial charge is 0.157 e. The van der Waals surface area contributed by atoms with E-state index in [1.165, 1.54) is 0 Å². The highest BCUT2D eigenvalue weighted by Crippen LogP contribution is 2.31. The Labute approximate surface area is 111 Å². The van der Waals surface area contributed by atoms with E-state index in [-0.39, 0.29) is 12.2 Å². The van der Waals surface area contributed by atoms with Gasteiger partial charge in [-0.1, -0.05) is 48.2 Å². The van der Waals surface area contributed by atoms with Gasteiger partial charge in [-0.05, 0) is 24.5 Å². The predicted octanol–water partition coefficient (Wildman–Crippen LogP) is 3.38. The lowest BCUT2D eigenvalue weighted by molar-refractivity contribution is -0.123. The van der Waals surface area contributed by atoms with Crippen molar-refractivity contribution in [1.82, 2.24) is 0 Å². The molecule has 2 rings (SSSR count). The van der Waals surface area contributed by atoms with Crippen LogP contribution in [0.1, 0.15) is 31.2 Å². The number of ketones is 1. The van der Waals surface area contributed by atoms with Crippen LogP contribution in [0.3, 0.4) is 0 Å². The van der Waals surface area contributed by atoms with Crippen molar-refractivity contribution in [2.45, 2.75) is 37.6 Å². The molecule has 4 heteroatoms. The molecule has 0 aromatic heterocycles. The molecule has 0 amide bonds. The Balaban J connectivity index is 2.16. The van der Waals surface area contributed by atoms with Gasteiger partial charge in [0, 0.05) is 6.42 Å². The molecule has 1 aliphatic carbocycles. The first-order valence-corrected chi connectivity index (χ1v) is 6.53. The van der Waals surface area contributed by atoms with Gasteiger partial charge < -0.3 is 5.73 Å². The lowest BCUT2D eigenvalue weighted by Crippen LogP contribution is -2.46. The number of nitrogens with two attached hydrogens (primary N) is 1. The lowest BCUT2D eigenvalue weighted by atomic mass is 9.89. The first-order valence-electron chi connectivity index (χ1n) is 5.78. The number of carbonyl (C=O) groups excluding carboxylic acids is 1. The fourth-order valence-corrected chi connectivity index (χ4v) is 2.71. The highest BCUT2D eigenvalue weighted by molar-refractivity contribution is 6.42. The van der Waals surface area contributed by atoms with Crippen LogP contribution in [0.5, 0.6) is 0 Å². The monoisotopic (exact) mass is 271 g/mol. The van der Waals surface area contributed by atoms with Crippen molar-refractivity contribution in [2.24, 2.45) is 5.73 Å². The van der Waals surface area contributed by atoms with Crippen LogP contribution in [0, 0.1) is 0 Å². The van der Waals surface area contributed by atoms with Gasteiger partial charge in [0.2, 0.25) is 0 Å². The number of benzene rings is 1. The Hall–Kier alpha value is -0.570. The number of Topliss-reactive ketones (excluding diaryl/α,β-unsaturated/α-hetero) is 1. The third-order valence-corrected chi connectivity index (χ3v) is 4.29. The molecule has 0 heterocycles. The number of hydrogen-bond donors (Lipinski definition) is 1. The SMILES string of the molecule is NC1(C(=O)Cc2cccc(Cl)c2Cl)CCCC1. The van der Waals surface area contributed by atoms with Crippen molar-refractivity contribution in [3.8, 4) is 0 Å². The second-order valence-corrected chi connectivity index (χ2v) is 5.46. The number of carbonyl (C=O) groups is 1. The van der Waals surface area contributed by atoms with Gasteiger partial charge in [-0.3, -0.25) is 4.79 Å². The van der Waals surface area contributed by atoms with E-state index in [0.717, 1.165) is 31.2 Å². The maximum Gasteiger partial charge on any atom is 0.157 e. The molecule has 0 bridgehead atoms. The molecule has 0 spiro atoms. The zero-order chi connectivity index (χ0) is 12.5. The van der Waals surface area contributed by atoms with Gasteiger partial charge >= 0.3 is 0 Å². The highest BCUT2D eigenvalue weighted by Gasteiger charge is 2.36.